The molecule has 0 spiro atoms. The third-order valence-electron chi connectivity index (χ3n) is 4.26. The van der Waals surface area contributed by atoms with Crippen molar-refractivity contribution in [2.24, 2.45) is 0 Å². The average molecular weight is 342 g/mol. The lowest BCUT2D eigenvalue weighted by atomic mass is 10.0. The average Bonchev–Trinajstić information content (AvgIpc) is 3.06. The van der Waals surface area contributed by atoms with Crippen LogP contribution in [0.3, 0.4) is 0 Å². The number of anilines is 1. The van der Waals surface area contributed by atoms with E-state index < -0.39 is 0 Å². The van der Waals surface area contributed by atoms with Gasteiger partial charge in [0.05, 0.1) is 16.8 Å². The molecule has 0 atom stereocenters. The minimum Gasteiger partial charge on any atom is -0.305 e. The van der Waals surface area contributed by atoms with Crippen molar-refractivity contribution in [1.82, 2.24) is 15.2 Å². The van der Waals surface area contributed by atoms with E-state index in [0.29, 0.717) is 11.4 Å². The minimum absolute atomic E-state index is 0.205. The van der Waals surface area contributed by atoms with Crippen LogP contribution in [0.5, 0.6) is 0 Å². The lowest BCUT2D eigenvalue weighted by Crippen LogP contribution is -2.13. The third kappa shape index (κ3) is 3.07. The Kier molecular flexibility index (Phi) is 3.97. The number of hydrogen-bond donors (Lipinski definition) is 2. The summed E-state index contributed by atoms with van der Waals surface area (Å²) in [6, 6.07) is 19.4. The topological polar surface area (TPSA) is 70.7 Å². The molecule has 0 bridgehead atoms. The molecule has 1 amide bonds. The fourth-order valence-corrected chi connectivity index (χ4v) is 2.90. The Bertz CT molecular complexity index is 1100. The Labute approximate surface area is 151 Å². The lowest BCUT2D eigenvalue weighted by Gasteiger charge is -2.10. The molecular formula is C21H18N4O. The monoisotopic (exact) mass is 342 g/mol. The number of para-hydroxylation sites is 1. The number of nitrogens with one attached hydrogen (secondary N) is 2. The Morgan fingerprint density at radius 3 is 2.50 bits per heavy atom. The maximum absolute atomic E-state index is 12.9. The standard InChI is InChI=1S/C21H18N4O/c1-13-7-9-15(10-8-13)19-12-17(16-5-3-4-6-18(16)22-19)21(26)23-20-11-14(2)24-25-20/h3-12H,1-2H3,(H2,23,24,25,26). The maximum atomic E-state index is 12.9. The highest BCUT2D eigenvalue weighted by Crippen LogP contribution is 2.25. The number of carbonyl (C=O) groups is 1. The van der Waals surface area contributed by atoms with Crippen molar-refractivity contribution in [3.05, 3.63) is 77.5 Å². The largest absolute Gasteiger partial charge is 0.305 e. The van der Waals surface area contributed by atoms with Crippen LogP contribution < -0.4 is 5.32 Å². The van der Waals surface area contributed by atoms with Crippen molar-refractivity contribution in [1.29, 1.82) is 0 Å². The molecule has 0 fully saturated rings. The van der Waals surface area contributed by atoms with Crippen LogP contribution in [0.2, 0.25) is 0 Å². The van der Waals surface area contributed by atoms with Gasteiger partial charge < -0.3 is 5.32 Å². The van der Waals surface area contributed by atoms with Gasteiger partial charge in [-0.25, -0.2) is 4.98 Å². The summed E-state index contributed by atoms with van der Waals surface area (Å²) in [7, 11) is 0. The molecule has 0 aliphatic carbocycles. The van der Waals surface area contributed by atoms with Crippen LogP contribution >= 0.6 is 0 Å². The van der Waals surface area contributed by atoms with Crippen molar-refractivity contribution in [3.63, 3.8) is 0 Å². The quantitative estimate of drug-likeness (QED) is 0.576. The van der Waals surface area contributed by atoms with Gasteiger partial charge in [0.15, 0.2) is 5.82 Å². The van der Waals surface area contributed by atoms with Gasteiger partial charge in [0.1, 0.15) is 0 Å². The molecule has 26 heavy (non-hydrogen) atoms. The van der Waals surface area contributed by atoms with E-state index in [1.807, 2.05) is 68.4 Å². The van der Waals surface area contributed by atoms with Crippen molar-refractivity contribution in [3.8, 4) is 11.3 Å². The first-order chi connectivity index (χ1) is 12.6. The van der Waals surface area contributed by atoms with E-state index in [9.17, 15) is 4.79 Å². The molecule has 0 saturated carbocycles. The van der Waals surface area contributed by atoms with Gasteiger partial charge in [-0.2, -0.15) is 5.10 Å². The molecule has 2 aromatic carbocycles. The summed E-state index contributed by atoms with van der Waals surface area (Å²) in [4.78, 5) is 17.6. The smallest absolute Gasteiger partial charge is 0.257 e. The highest BCUT2D eigenvalue weighted by molar-refractivity contribution is 6.12. The van der Waals surface area contributed by atoms with Gasteiger partial charge >= 0.3 is 0 Å². The SMILES string of the molecule is Cc1ccc(-c2cc(C(=O)Nc3cc(C)[nH]n3)c3ccccc3n2)cc1. The number of fused-ring (bicyclic) bond motifs is 1. The Morgan fingerprint density at radius 1 is 1.00 bits per heavy atom. The van der Waals surface area contributed by atoms with E-state index in [-0.39, 0.29) is 5.91 Å². The molecule has 0 radical (unpaired) electrons. The van der Waals surface area contributed by atoms with Gasteiger partial charge in [0.2, 0.25) is 0 Å². The number of benzene rings is 2. The Morgan fingerprint density at radius 2 is 1.77 bits per heavy atom. The summed E-state index contributed by atoms with van der Waals surface area (Å²) in [5.74, 6) is 0.300. The summed E-state index contributed by atoms with van der Waals surface area (Å²) in [6.07, 6.45) is 0. The Balaban J connectivity index is 1.81. The molecule has 5 nitrogen and oxygen atoms in total. The van der Waals surface area contributed by atoms with E-state index in [0.717, 1.165) is 27.9 Å². The number of carbonyl (C=O) groups excluding carboxylic acids is 1. The maximum Gasteiger partial charge on any atom is 0.257 e. The van der Waals surface area contributed by atoms with E-state index >= 15 is 0 Å². The second kappa shape index (κ2) is 6.44. The van der Waals surface area contributed by atoms with Crippen molar-refractivity contribution in [2.45, 2.75) is 13.8 Å². The third-order valence-corrected chi connectivity index (χ3v) is 4.26. The van der Waals surface area contributed by atoms with Gasteiger partial charge in [0, 0.05) is 22.7 Å². The van der Waals surface area contributed by atoms with Gasteiger partial charge in [0.25, 0.3) is 5.91 Å². The van der Waals surface area contributed by atoms with Gasteiger partial charge in [-0.1, -0.05) is 48.0 Å². The van der Waals surface area contributed by atoms with E-state index in [1.165, 1.54) is 5.56 Å². The van der Waals surface area contributed by atoms with E-state index in [4.69, 9.17) is 4.98 Å². The van der Waals surface area contributed by atoms with E-state index in [2.05, 4.69) is 15.5 Å². The molecule has 4 aromatic rings. The predicted octanol–water partition coefficient (Wildman–Crippen LogP) is 4.49. The van der Waals surface area contributed by atoms with E-state index in [1.54, 1.807) is 6.07 Å². The molecule has 5 heteroatoms. The summed E-state index contributed by atoms with van der Waals surface area (Å²) < 4.78 is 0. The fourth-order valence-electron chi connectivity index (χ4n) is 2.90. The van der Waals surface area contributed by atoms with Crippen LogP contribution in [0.1, 0.15) is 21.6 Å². The second-order valence-electron chi connectivity index (χ2n) is 6.33. The zero-order valence-corrected chi connectivity index (χ0v) is 14.6. The van der Waals surface area contributed by atoms with Crippen molar-refractivity contribution in [2.75, 3.05) is 5.32 Å². The predicted molar refractivity (Wildman–Crippen MR) is 103 cm³/mol. The molecule has 128 valence electrons. The van der Waals surface area contributed by atoms with Gasteiger partial charge in [-0.15, -0.1) is 0 Å². The fraction of sp³-hybridized carbons (Fsp3) is 0.0952. The zero-order chi connectivity index (χ0) is 18.1. The Hall–Kier alpha value is -3.47. The summed E-state index contributed by atoms with van der Waals surface area (Å²) in [5.41, 5.74) is 5.18. The number of nitrogens with zero attached hydrogens (tertiary/aromatic N) is 2. The number of H-pyrrole nitrogens is 1. The van der Waals surface area contributed by atoms with Crippen LogP contribution in [-0.4, -0.2) is 21.1 Å². The number of amides is 1. The first kappa shape index (κ1) is 16.0. The number of rotatable bonds is 3. The zero-order valence-electron chi connectivity index (χ0n) is 14.6. The summed E-state index contributed by atoms with van der Waals surface area (Å²) >= 11 is 0. The van der Waals surface area contributed by atoms with Crippen LogP contribution in [0.25, 0.3) is 22.2 Å². The molecule has 2 aromatic heterocycles. The molecule has 0 unspecified atom stereocenters. The molecule has 4 rings (SSSR count). The second-order valence-corrected chi connectivity index (χ2v) is 6.33. The normalized spacial score (nSPS) is 10.8. The number of pyridine rings is 1. The van der Waals surface area contributed by atoms with Crippen LogP contribution in [-0.2, 0) is 0 Å². The van der Waals surface area contributed by atoms with Crippen molar-refractivity contribution < 1.29 is 4.79 Å². The van der Waals surface area contributed by atoms with Crippen LogP contribution in [0, 0.1) is 13.8 Å². The number of aromatic nitrogens is 3. The van der Waals surface area contributed by atoms with Gasteiger partial charge in [-0.3, -0.25) is 9.89 Å². The molecule has 0 saturated heterocycles. The molecule has 2 heterocycles. The molecule has 0 aliphatic heterocycles. The molecule has 0 aliphatic rings. The summed E-state index contributed by atoms with van der Waals surface area (Å²) in [6.45, 7) is 3.93. The highest BCUT2D eigenvalue weighted by atomic mass is 16.1. The lowest BCUT2D eigenvalue weighted by molar-refractivity contribution is 0.102. The number of aryl methyl sites for hydroxylation is 2. The highest BCUT2D eigenvalue weighted by Gasteiger charge is 2.15. The first-order valence-corrected chi connectivity index (χ1v) is 8.40. The number of hydrogen-bond acceptors (Lipinski definition) is 3. The summed E-state index contributed by atoms with van der Waals surface area (Å²) in [5, 5.41) is 10.6. The van der Waals surface area contributed by atoms with Gasteiger partial charge in [-0.05, 0) is 26.0 Å². The molecular weight excluding hydrogens is 324 g/mol. The minimum atomic E-state index is -0.205. The van der Waals surface area contributed by atoms with Crippen molar-refractivity contribution >= 4 is 22.6 Å². The first-order valence-electron chi connectivity index (χ1n) is 8.40. The molecule has 2 N–H and O–H groups in total. The van der Waals surface area contributed by atoms with Crippen LogP contribution in [0.15, 0.2) is 60.7 Å². The number of aromatic amines is 1. The van der Waals surface area contributed by atoms with Crippen LogP contribution in [0.4, 0.5) is 5.82 Å².